The van der Waals surface area contributed by atoms with Gasteiger partial charge in [0.25, 0.3) is 0 Å². The Morgan fingerprint density at radius 2 is 1.19 bits per heavy atom. The van der Waals surface area contributed by atoms with Crippen LogP contribution in [0.15, 0.2) is 36.4 Å². The van der Waals surface area contributed by atoms with Gasteiger partial charge in [-0.05, 0) is 23.3 Å². The van der Waals surface area contributed by atoms with Crippen LogP contribution < -0.4 is 10.6 Å². The average Bonchev–Trinajstić information content (AvgIpc) is 2.36. The summed E-state index contributed by atoms with van der Waals surface area (Å²) in [4.78, 5) is 0. The SMILES string of the molecule is c1cc2c3c(c1)NCc1cccc(c1-3)NC2. The van der Waals surface area contributed by atoms with E-state index in [0.717, 1.165) is 13.1 Å². The largest absolute Gasteiger partial charge is 0.380 e. The van der Waals surface area contributed by atoms with Crippen LogP contribution in [0.4, 0.5) is 11.4 Å². The van der Waals surface area contributed by atoms with Gasteiger partial charge < -0.3 is 10.6 Å². The smallest absolute Gasteiger partial charge is 0.0426 e. The molecule has 2 aromatic rings. The topological polar surface area (TPSA) is 24.1 Å². The Morgan fingerprint density at radius 1 is 0.688 bits per heavy atom. The van der Waals surface area contributed by atoms with Crippen molar-refractivity contribution in [1.82, 2.24) is 0 Å². The highest BCUT2D eigenvalue weighted by molar-refractivity contribution is 5.94. The molecule has 2 N–H and O–H groups in total. The van der Waals surface area contributed by atoms with Crippen LogP contribution in [-0.4, -0.2) is 0 Å². The summed E-state index contributed by atoms with van der Waals surface area (Å²) in [6.45, 7) is 1.86. The first-order valence-electron chi connectivity index (χ1n) is 5.65. The molecule has 4 rings (SSSR count). The quantitative estimate of drug-likeness (QED) is 0.694. The van der Waals surface area contributed by atoms with Crippen LogP contribution in [0.1, 0.15) is 11.1 Å². The van der Waals surface area contributed by atoms with Gasteiger partial charge in [0.1, 0.15) is 0 Å². The molecule has 0 amide bonds. The fourth-order valence-electron chi connectivity index (χ4n) is 2.76. The highest BCUT2D eigenvalue weighted by Crippen LogP contribution is 2.44. The molecule has 0 unspecified atom stereocenters. The van der Waals surface area contributed by atoms with Crippen molar-refractivity contribution in [3.8, 4) is 11.1 Å². The van der Waals surface area contributed by atoms with Gasteiger partial charge in [0, 0.05) is 35.6 Å². The molecule has 0 spiro atoms. The Bertz CT molecular complexity index is 489. The first-order chi connectivity index (χ1) is 7.93. The monoisotopic (exact) mass is 208 g/mol. The number of benzene rings is 2. The maximum absolute atomic E-state index is 3.49. The van der Waals surface area contributed by atoms with E-state index in [-0.39, 0.29) is 0 Å². The number of anilines is 2. The molecule has 2 heterocycles. The maximum Gasteiger partial charge on any atom is 0.0426 e. The second kappa shape index (κ2) is 2.79. The molecule has 0 saturated heterocycles. The second-order valence-electron chi connectivity index (χ2n) is 4.39. The van der Waals surface area contributed by atoms with Crippen molar-refractivity contribution in [2.24, 2.45) is 0 Å². The third kappa shape index (κ3) is 0.915. The lowest BCUT2D eigenvalue weighted by molar-refractivity contribution is 1.06. The summed E-state index contributed by atoms with van der Waals surface area (Å²) in [6, 6.07) is 13.0. The van der Waals surface area contributed by atoms with Gasteiger partial charge >= 0.3 is 0 Å². The van der Waals surface area contributed by atoms with E-state index >= 15 is 0 Å². The number of rotatable bonds is 0. The van der Waals surface area contributed by atoms with Crippen LogP contribution in [0.2, 0.25) is 0 Å². The molecule has 2 nitrogen and oxygen atoms in total. The van der Waals surface area contributed by atoms with Gasteiger partial charge in [0.2, 0.25) is 0 Å². The van der Waals surface area contributed by atoms with E-state index in [4.69, 9.17) is 0 Å². The van der Waals surface area contributed by atoms with Gasteiger partial charge in [-0.15, -0.1) is 0 Å². The zero-order chi connectivity index (χ0) is 10.5. The summed E-state index contributed by atoms with van der Waals surface area (Å²) >= 11 is 0. The summed E-state index contributed by atoms with van der Waals surface area (Å²) in [5, 5.41) is 6.99. The minimum atomic E-state index is 0.932. The van der Waals surface area contributed by atoms with Crippen molar-refractivity contribution < 1.29 is 0 Å². The molecule has 2 heteroatoms. The maximum atomic E-state index is 3.49. The zero-order valence-electron chi connectivity index (χ0n) is 8.88. The fourth-order valence-corrected chi connectivity index (χ4v) is 2.76. The van der Waals surface area contributed by atoms with E-state index < -0.39 is 0 Å². The van der Waals surface area contributed by atoms with Gasteiger partial charge in [-0.3, -0.25) is 0 Å². The Labute approximate surface area is 94.3 Å². The van der Waals surface area contributed by atoms with Crippen LogP contribution in [0, 0.1) is 0 Å². The molecular weight excluding hydrogens is 196 g/mol. The van der Waals surface area contributed by atoms with Crippen molar-refractivity contribution in [3.05, 3.63) is 47.5 Å². The lowest BCUT2D eigenvalue weighted by atomic mass is 9.87. The molecule has 78 valence electrons. The summed E-state index contributed by atoms with van der Waals surface area (Å²) in [6.07, 6.45) is 0. The molecule has 16 heavy (non-hydrogen) atoms. The Kier molecular flexibility index (Phi) is 1.43. The average molecular weight is 208 g/mol. The number of hydrogen-bond acceptors (Lipinski definition) is 2. The highest BCUT2D eigenvalue weighted by atomic mass is 14.9. The standard InChI is InChI=1S/C14H12N2/c1-3-9-7-16-12-6-2-4-10-8-15-11(5-1)13(9)14(10)12/h1-6,15-16H,7-8H2. The lowest BCUT2D eigenvalue weighted by Crippen LogP contribution is -2.17. The summed E-state index contributed by atoms with van der Waals surface area (Å²) in [5.41, 5.74) is 8.14. The third-order valence-electron chi connectivity index (χ3n) is 3.49. The van der Waals surface area contributed by atoms with E-state index in [2.05, 4.69) is 47.0 Å². The second-order valence-corrected chi connectivity index (χ2v) is 4.39. The molecule has 0 bridgehead atoms. The molecule has 2 aromatic carbocycles. The first kappa shape index (κ1) is 8.22. The summed E-state index contributed by atoms with van der Waals surface area (Å²) in [7, 11) is 0. The van der Waals surface area contributed by atoms with E-state index in [1.807, 2.05) is 0 Å². The summed E-state index contributed by atoms with van der Waals surface area (Å²) < 4.78 is 0. The van der Waals surface area contributed by atoms with Crippen LogP contribution in [0.5, 0.6) is 0 Å². The van der Waals surface area contributed by atoms with Crippen LogP contribution >= 0.6 is 0 Å². The predicted molar refractivity (Wildman–Crippen MR) is 66.5 cm³/mol. The zero-order valence-corrected chi connectivity index (χ0v) is 8.88. The van der Waals surface area contributed by atoms with E-state index in [1.54, 1.807) is 0 Å². The van der Waals surface area contributed by atoms with Crippen molar-refractivity contribution in [1.29, 1.82) is 0 Å². The van der Waals surface area contributed by atoms with Crippen molar-refractivity contribution in [2.75, 3.05) is 10.6 Å². The highest BCUT2D eigenvalue weighted by Gasteiger charge is 2.24. The Balaban J connectivity index is 2.15. The normalized spacial score (nSPS) is 14.8. The van der Waals surface area contributed by atoms with Crippen LogP contribution in [0.25, 0.3) is 11.1 Å². The first-order valence-corrected chi connectivity index (χ1v) is 5.65. The molecular formula is C14H12N2. The minimum absolute atomic E-state index is 0.932. The number of hydrogen-bond donors (Lipinski definition) is 2. The molecule has 0 saturated carbocycles. The summed E-state index contributed by atoms with van der Waals surface area (Å²) in [5.74, 6) is 0. The minimum Gasteiger partial charge on any atom is -0.380 e. The molecule has 0 atom stereocenters. The Hall–Kier alpha value is -1.96. The third-order valence-corrected chi connectivity index (χ3v) is 3.49. The van der Waals surface area contributed by atoms with Gasteiger partial charge in [0.05, 0.1) is 0 Å². The van der Waals surface area contributed by atoms with E-state index in [0.29, 0.717) is 0 Å². The van der Waals surface area contributed by atoms with Crippen LogP contribution in [-0.2, 0) is 13.1 Å². The van der Waals surface area contributed by atoms with Gasteiger partial charge in [-0.25, -0.2) is 0 Å². The molecule has 0 aliphatic carbocycles. The number of nitrogens with one attached hydrogen (secondary N) is 2. The van der Waals surface area contributed by atoms with Crippen molar-refractivity contribution in [2.45, 2.75) is 13.1 Å². The van der Waals surface area contributed by atoms with Gasteiger partial charge in [-0.2, -0.15) is 0 Å². The van der Waals surface area contributed by atoms with Gasteiger partial charge in [0.15, 0.2) is 0 Å². The lowest BCUT2D eigenvalue weighted by Gasteiger charge is -2.30. The molecule has 2 aliphatic rings. The van der Waals surface area contributed by atoms with E-state index in [1.165, 1.54) is 33.6 Å². The molecule has 2 aliphatic heterocycles. The van der Waals surface area contributed by atoms with Crippen molar-refractivity contribution >= 4 is 11.4 Å². The van der Waals surface area contributed by atoms with Crippen molar-refractivity contribution in [3.63, 3.8) is 0 Å². The fraction of sp³-hybridized carbons (Fsp3) is 0.143. The molecule has 0 fully saturated rings. The van der Waals surface area contributed by atoms with Crippen LogP contribution in [0.3, 0.4) is 0 Å². The predicted octanol–water partition coefficient (Wildman–Crippen LogP) is 3.20. The van der Waals surface area contributed by atoms with Gasteiger partial charge in [-0.1, -0.05) is 24.3 Å². The molecule has 0 aromatic heterocycles. The Morgan fingerprint density at radius 3 is 1.69 bits per heavy atom. The van der Waals surface area contributed by atoms with E-state index in [9.17, 15) is 0 Å². The molecule has 0 radical (unpaired) electrons.